The van der Waals surface area contributed by atoms with Crippen LogP contribution >= 0.6 is 0 Å². The van der Waals surface area contributed by atoms with Crippen LogP contribution in [0.3, 0.4) is 0 Å². The number of hydrogen-bond acceptors (Lipinski definition) is 6. The van der Waals surface area contributed by atoms with Gasteiger partial charge in [0.25, 0.3) is 5.56 Å². The highest BCUT2D eigenvalue weighted by molar-refractivity contribution is 5.69. The SMILES string of the molecule is CC.CC.CCOC(=O)CCCN.COc1cccc(-c2c(C)n(Cc3c(F)cccc3C(F)(F)F)c(=O)n(CCc3ccccc3)c2=O)c1F. The van der Waals surface area contributed by atoms with E-state index >= 15 is 4.39 Å². The number of aryl methyl sites for hydroxylation is 1. The number of carbonyl (C=O) groups excluding carboxylic acids is 1. The topological polar surface area (TPSA) is 106 Å². The zero-order valence-electron chi connectivity index (χ0n) is 30.2. The molecule has 0 fully saturated rings. The van der Waals surface area contributed by atoms with Gasteiger partial charge >= 0.3 is 17.8 Å². The Morgan fingerprint density at radius 3 is 2.08 bits per heavy atom. The lowest BCUT2D eigenvalue weighted by molar-refractivity contribution is -0.143. The van der Waals surface area contributed by atoms with Gasteiger partial charge in [0.05, 0.1) is 31.4 Å². The molecule has 0 spiro atoms. The average molecular weight is 722 g/mol. The summed E-state index contributed by atoms with van der Waals surface area (Å²) >= 11 is 0. The molecule has 2 N–H and O–H groups in total. The van der Waals surface area contributed by atoms with Gasteiger partial charge in [0, 0.05) is 29.8 Å². The highest BCUT2D eigenvalue weighted by Gasteiger charge is 2.35. The van der Waals surface area contributed by atoms with Crippen LogP contribution in [0.5, 0.6) is 5.75 Å². The van der Waals surface area contributed by atoms with Gasteiger partial charge in [-0.1, -0.05) is 76.2 Å². The molecule has 8 nitrogen and oxygen atoms in total. The molecule has 1 heterocycles. The second-order valence-corrected chi connectivity index (χ2v) is 10.3. The van der Waals surface area contributed by atoms with Crippen molar-refractivity contribution in [1.82, 2.24) is 9.13 Å². The maximum atomic E-state index is 15.3. The molecular formula is C38H48F5N3O5. The monoisotopic (exact) mass is 721 g/mol. The van der Waals surface area contributed by atoms with Crippen molar-refractivity contribution in [1.29, 1.82) is 0 Å². The number of benzene rings is 3. The van der Waals surface area contributed by atoms with E-state index in [2.05, 4.69) is 4.74 Å². The number of aromatic nitrogens is 2. The lowest BCUT2D eigenvalue weighted by Crippen LogP contribution is -2.43. The van der Waals surface area contributed by atoms with Crippen molar-refractivity contribution in [3.8, 4) is 16.9 Å². The lowest BCUT2D eigenvalue weighted by atomic mass is 10.0. The molecular weight excluding hydrogens is 673 g/mol. The Morgan fingerprint density at radius 2 is 1.51 bits per heavy atom. The zero-order valence-corrected chi connectivity index (χ0v) is 30.2. The van der Waals surface area contributed by atoms with Crippen molar-refractivity contribution in [2.24, 2.45) is 5.73 Å². The number of nitrogens with zero attached hydrogens (tertiary/aromatic N) is 2. The Morgan fingerprint density at radius 1 is 0.882 bits per heavy atom. The van der Waals surface area contributed by atoms with Crippen LogP contribution in [-0.4, -0.2) is 35.4 Å². The first-order valence-corrected chi connectivity index (χ1v) is 16.8. The van der Waals surface area contributed by atoms with E-state index in [1.165, 1.54) is 32.2 Å². The van der Waals surface area contributed by atoms with Gasteiger partial charge in [-0.15, -0.1) is 0 Å². The largest absolute Gasteiger partial charge is 0.494 e. The molecule has 0 aliphatic heterocycles. The summed E-state index contributed by atoms with van der Waals surface area (Å²) in [4.78, 5) is 37.6. The first-order chi connectivity index (χ1) is 24.3. The smallest absolute Gasteiger partial charge is 0.416 e. The summed E-state index contributed by atoms with van der Waals surface area (Å²) in [6, 6.07) is 15.5. The number of methoxy groups -OCH3 is 1. The Kier molecular flexibility index (Phi) is 19.2. The van der Waals surface area contributed by atoms with Crippen LogP contribution < -0.4 is 21.7 Å². The molecule has 0 amide bonds. The number of nitrogens with two attached hydrogens (primary N) is 1. The van der Waals surface area contributed by atoms with Gasteiger partial charge in [-0.25, -0.2) is 13.6 Å². The molecule has 0 aliphatic rings. The molecule has 13 heteroatoms. The predicted molar refractivity (Wildman–Crippen MR) is 190 cm³/mol. The summed E-state index contributed by atoms with van der Waals surface area (Å²) < 4.78 is 82.4. The number of ether oxygens (including phenoxy) is 2. The standard InChI is InChI=1S/C28H23F5N2O3.C6H13NO2.2C2H6/c1-17-24(19-10-6-13-23(38-2)25(19)30)26(36)34(15-14-18-8-4-3-5-9-18)27(37)35(17)16-20-21(28(31,32)33)11-7-12-22(20)29;1-2-9-6(8)4-3-5-7;2*1-2/h3-13H,14-16H2,1-2H3;2-5,7H2,1H3;2*1-2H3. The molecule has 3 aromatic carbocycles. The van der Waals surface area contributed by atoms with E-state index in [0.29, 0.717) is 25.6 Å². The predicted octanol–water partition coefficient (Wildman–Crippen LogP) is 7.92. The van der Waals surface area contributed by atoms with Gasteiger partial charge in [-0.05, 0) is 57.0 Å². The Hall–Kier alpha value is -4.78. The molecule has 0 atom stereocenters. The zero-order chi connectivity index (χ0) is 38.7. The fourth-order valence-electron chi connectivity index (χ4n) is 4.86. The third-order valence-corrected chi connectivity index (χ3v) is 7.24. The van der Waals surface area contributed by atoms with E-state index in [9.17, 15) is 31.9 Å². The number of alkyl halides is 3. The van der Waals surface area contributed by atoms with Crippen molar-refractivity contribution in [3.05, 3.63) is 122 Å². The van der Waals surface area contributed by atoms with Crippen LogP contribution in [0.25, 0.3) is 11.1 Å². The number of carbonyl (C=O) groups is 1. The number of hydrogen-bond donors (Lipinski definition) is 1. The third-order valence-electron chi connectivity index (χ3n) is 7.24. The maximum Gasteiger partial charge on any atom is 0.416 e. The Bertz CT molecular complexity index is 1790. The van der Waals surface area contributed by atoms with Crippen LogP contribution in [0.1, 0.15) is 69.8 Å². The molecule has 4 rings (SSSR count). The highest BCUT2D eigenvalue weighted by Crippen LogP contribution is 2.34. The van der Waals surface area contributed by atoms with Gasteiger partial charge in [0.1, 0.15) is 5.82 Å². The molecule has 0 saturated carbocycles. The highest BCUT2D eigenvalue weighted by atomic mass is 19.4. The summed E-state index contributed by atoms with van der Waals surface area (Å²) in [6.45, 7) is 11.2. The minimum Gasteiger partial charge on any atom is -0.494 e. The van der Waals surface area contributed by atoms with Crippen molar-refractivity contribution in [2.75, 3.05) is 20.3 Å². The second kappa shape index (κ2) is 22.1. The second-order valence-electron chi connectivity index (χ2n) is 10.3. The van der Waals surface area contributed by atoms with Crippen molar-refractivity contribution in [3.63, 3.8) is 0 Å². The van der Waals surface area contributed by atoms with Crippen molar-refractivity contribution >= 4 is 5.97 Å². The van der Waals surface area contributed by atoms with Crippen molar-refractivity contribution in [2.45, 2.75) is 80.1 Å². The van der Waals surface area contributed by atoms with Crippen LogP contribution in [0.2, 0.25) is 0 Å². The summed E-state index contributed by atoms with van der Waals surface area (Å²) in [5, 5.41) is 0. The fourth-order valence-corrected chi connectivity index (χ4v) is 4.86. The van der Waals surface area contributed by atoms with Crippen LogP contribution in [0, 0.1) is 18.6 Å². The molecule has 0 saturated heterocycles. The normalized spacial score (nSPS) is 10.5. The molecule has 0 bridgehead atoms. The maximum absolute atomic E-state index is 15.3. The third kappa shape index (κ3) is 12.2. The summed E-state index contributed by atoms with van der Waals surface area (Å²) in [5.41, 5.74) is 1.64. The van der Waals surface area contributed by atoms with Crippen LogP contribution in [-0.2, 0) is 35.2 Å². The van der Waals surface area contributed by atoms with E-state index in [1.807, 2.05) is 27.7 Å². The fraction of sp³-hybridized carbons (Fsp3) is 0.395. The van der Waals surface area contributed by atoms with E-state index in [0.717, 1.165) is 33.3 Å². The van der Waals surface area contributed by atoms with Gasteiger partial charge in [-0.2, -0.15) is 13.2 Å². The minimum absolute atomic E-state index is 0.112. The van der Waals surface area contributed by atoms with E-state index < -0.39 is 46.7 Å². The molecule has 0 radical (unpaired) electrons. The Labute approximate surface area is 295 Å². The minimum atomic E-state index is -4.89. The summed E-state index contributed by atoms with van der Waals surface area (Å²) in [7, 11) is 1.24. The summed E-state index contributed by atoms with van der Waals surface area (Å²) in [6.07, 6.45) is -3.48. The van der Waals surface area contributed by atoms with Gasteiger partial charge in [0.2, 0.25) is 0 Å². The van der Waals surface area contributed by atoms with Crippen molar-refractivity contribution < 1.29 is 36.2 Å². The molecule has 0 aliphatic carbocycles. The van der Waals surface area contributed by atoms with Crippen LogP contribution in [0.15, 0.2) is 76.3 Å². The first kappa shape index (κ1) is 44.2. The lowest BCUT2D eigenvalue weighted by Gasteiger charge is -2.20. The molecule has 280 valence electrons. The van der Waals surface area contributed by atoms with Gasteiger partial charge < -0.3 is 15.2 Å². The van der Waals surface area contributed by atoms with Gasteiger partial charge in [0.15, 0.2) is 11.6 Å². The number of esters is 1. The molecule has 1 aromatic heterocycles. The molecule has 0 unspecified atom stereocenters. The average Bonchev–Trinajstić information content (AvgIpc) is 3.12. The number of rotatable bonds is 11. The quantitative estimate of drug-likeness (QED) is 0.125. The first-order valence-electron chi connectivity index (χ1n) is 16.8. The molecule has 51 heavy (non-hydrogen) atoms. The summed E-state index contributed by atoms with van der Waals surface area (Å²) in [5.74, 6) is -2.36. The Balaban J connectivity index is 0.000000863. The van der Waals surface area contributed by atoms with Crippen LogP contribution in [0.4, 0.5) is 22.0 Å². The van der Waals surface area contributed by atoms with Gasteiger partial charge in [-0.3, -0.25) is 18.7 Å². The van der Waals surface area contributed by atoms with E-state index in [1.54, 1.807) is 37.3 Å². The van der Waals surface area contributed by atoms with E-state index in [-0.39, 0.29) is 41.5 Å². The molecule has 4 aromatic rings. The van der Waals surface area contributed by atoms with E-state index in [4.69, 9.17) is 10.5 Å². The number of halogens is 5.